The van der Waals surface area contributed by atoms with Crippen molar-refractivity contribution in [3.05, 3.63) is 12.7 Å². The van der Waals surface area contributed by atoms with Crippen molar-refractivity contribution >= 4 is 5.91 Å². The quantitative estimate of drug-likeness (QED) is 0.833. The smallest absolute Gasteiger partial charge is 0.245 e. The fourth-order valence-electron chi connectivity index (χ4n) is 1.92. The van der Waals surface area contributed by atoms with Crippen molar-refractivity contribution in [2.75, 3.05) is 6.61 Å². The summed E-state index contributed by atoms with van der Waals surface area (Å²) in [5.41, 5.74) is -0.286. The molecule has 1 fully saturated rings. The summed E-state index contributed by atoms with van der Waals surface area (Å²) in [6, 6.07) is -0.359. The van der Waals surface area contributed by atoms with Gasteiger partial charge in [-0.1, -0.05) is 0 Å². The Bertz CT molecular complexity index is 392. The Labute approximate surface area is 100 Å². The Hall–Kier alpha value is -1.43. The van der Waals surface area contributed by atoms with Gasteiger partial charge in [-0.3, -0.25) is 4.79 Å². The minimum atomic E-state index is -0.359. The molecule has 2 rings (SSSR count). The van der Waals surface area contributed by atoms with Gasteiger partial charge >= 0.3 is 0 Å². The molecule has 0 bridgehead atoms. The Morgan fingerprint density at radius 1 is 1.71 bits per heavy atom. The molecule has 1 aromatic heterocycles. The molecule has 0 aliphatic carbocycles. The first-order valence-corrected chi connectivity index (χ1v) is 5.81. The monoisotopic (exact) mass is 238 g/mol. The third-order valence-electron chi connectivity index (χ3n) is 3.51. The number of aromatic nitrogens is 3. The van der Waals surface area contributed by atoms with Crippen LogP contribution in [0.1, 0.15) is 33.2 Å². The van der Waals surface area contributed by atoms with Gasteiger partial charge in [0.2, 0.25) is 5.91 Å². The minimum absolute atomic E-state index is 0.0365. The highest BCUT2D eigenvalue weighted by molar-refractivity contribution is 5.80. The van der Waals surface area contributed by atoms with E-state index in [2.05, 4.69) is 15.4 Å². The fraction of sp³-hybridized carbons (Fsp3) is 0.727. The molecule has 1 N–H and O–H groups in total. The van der Waals surface area contributed by atoms with Crippen LogP contribution < -0.4 is 5.32 Å². The molecule has 3 atom stereocenters. The molecule has 0 radical (unpaired) electrons. The summed E-state index contributed by atoms with van der Waals surface area (Å²) in [6.07, 6.45) is 3.84. The van der Waals surface area contributed by atoms with Crippen molar-refractivity contribution in [1.29, 1.82) is 0 Å². The lowest BCUT2D eigenvalue weighted by Crippen LogP contribution is -2.52. The number of nitrogens with zero attached hydrogens (tertiary/aromatic N) is 3. The molecule has 6 heteroatoms. The number of carbonyl (C=O) groups is 1. The van der Waals surface area contributed by atoms with E-state index in [9.17, 15) is 4.79 Å². The maximum absolute atomic E-state index is 12.1. The lowest BCUT2D eigenvalue weighted by molar-refractivity contribution is -0.126. The molecule has 3 unspecified atom stereocenters. The number of carbonyl (C=O) groups excluding carboxylic acids is 1. The predicted molar refractivity (Wildman–Crippen MR) is 61.3 cm³/mol. The molecule has 1 aliphatic rings. The lowest BCUT2D eigenvalue weighted by atomic mass is 9.94. The van der Waals surface area contributed by atoms with Crippen LogP contribution in [0.2, 0.25) is 0 Å². The molecule has 1 aromatic rings. The van der Waals surface area contributed by atoms with Gasteiger partial charge in [0.25, 0.3) is 0 Å². The zero-order chi connectivity index (χ0) is 12.5. The summed E-state index contributed by atoms with van der Waals surface area (Å²) in [7, 11) is 0. The summed E-state index contributed by atoms with van der Waals surface area (Å²) in [5.74, 6) is -0.0599. The number of nitrogens with one attached hydrogen (secondary N) is 1. The van der Waals surface area contributed by atoms with Crippen LogP contribution in [0, 0.1) is 0 Å². The average Bonchev–Trinajstić information content (AvgIpc) is 2.89. The van der Waals surface area contributed by atoms with Gasteiger partial charge in [0.1, 0.15) is 18.7 Å². The molecule has 6 nitrogen and oxygen atoms in total. The third-order valence-corrected chi connectivity index (χ3v) is 3.51. The number of hydrogen-bond donors (Lipinski definition) is 1. The lowest BCUT2D eigenvalue weighted by Gasteiger charge is -2.30. The van der Waals surface area contributed by atoms with Gasteiger partial charge < -0.3 is 10.1 Å². The topological polar surface area (TPSA) is 69.0 Å². The Kier molecular flexibility index (Phi) is 3.15. The fourth-order valence-corrected chi connectivity index (χ4v) is 1.92. The van der Waals surface area contributed by atoms with E-state index in [-0.39, 0.29) is 23.6 Å². The van der Waals surface area contributed by atoms with Crippen molar-refractivity contribution in [2.24, 2.45) is 0 Å². The van der Waals surface area contributed by atoms with E-state index in [1.807, 2.05) is 13.8 Å². The van der Waals surface area contributed by atoms with Gasteiger partial charge in [-0.25, -0.2) is 9.67 Å². The molecule has 0 spiro atoms. The number of amides is 1. The summed E-state index contributed by atoms with van der Waals surface area (Å²) in [5, 5.41) is 7.01. The highest BCUT2D eigenvalue weighted by Gasteiger charge is 2.39. The number of ether oxygens (including phenoxy) is 1. The second-order valence-electron chi connectivity index (χ2n) is 4.72. The SMILES string of the molecule is CC(C(=O)NC1(C)CCOC1C)n1cncn1. The first-order chi connectivity index (χ1) is 8.03. The Morgan fingerprint density at radius 3 is 3.00 bits per heavy atom. The maximum Gasteiger partial charge on any atom is 0.245 e. The standard InChI is InChI=1S/C11H18N4O2/c1-8(15-7-12-6-13-15)10(16)14-11(3)4-5-17-9(11)2/h6-9H,4-5H2,1-3H3,(H,14,16). The van der Waals surface area contributed by atoms with Gasteiger partial charge in [0.15, 0.2) is 0 Å². The Balaban J connectivity index is 2.02. The van der Waals surface area contributed by atoms with Gasteiger partial charge in [-0.15, -0.1) is 0 Å². The Morgan fingerprint density at radius 2 is 2.47 bits per heavy atom. The van der Waals surface area contributed by atoms with E-state index in [1.165, 1.54) is 6.33 Å². The average molecular weight is 238 g/mol. The molecule has 94 valence electrons. The number of hydrogen-bond acceptors (Lipinski definition) is 4. The second-order valence-corrected chi connectivity index (χ2v) is 4.72. The van der Waals surface area contributed by atoms with Gasteiger partial charge in [-0.05, 0) is 27.2 Å². The van der Waals surface area contributed by atoms with E-state index < -0.39 is 0 Å². The highest BCUT2D eigenvalue weighted by Crippen LogP contribution is 2.25. The van der Waals surface area contributed by atoms with Gasteiger partial charge in [-0.2, -0.15) is 5.10 Å². The van der Waals surface area contributed by atoms with E-state index in [0.717, 1.165) is 6.42 Å². The van der Waals surface area contributed by atoms with E-state index in [1.54, 1.807) is 17.9 Å². The number of rotatable bonds is 3. The van der Waals surface area contributed by atoms with Gasteiger partial charge in [0.05, 0.1) is 11.6 Å². The van der Waals surface area contributed by atoms with E-state index in [4.69, 9.17) is 4.74 Å². The molecule has 0 aromatic carbocycles. The second kappa shape index (κ2) is 4.44. The van der Waals surface area contributed by atoms with Crippen molar-refractivity contribution in [3.63, 3.8) is 0 Å². The van der Waals surface area contributed by atoms with Crippen LogP contribution in [0.4, 0.5) is 0 Å². The van der Waals surface area contributed by atoms with Crippen LogP contribution >= 0.6 is 0 Å². The zero-order valence-corrected chi connectivity index (χ0v) is 10.4. The van der Waals surface area contributed by atoms with Crippen molar-refractivity contribution < 1.29 is 9.53 Å². The third kappa shape index (κ3) is 2.31. The molecular weight excluding hydrogens is 220 g/mol. The summed E-state index contributed by atoms with van der Waals surface area (Å²) in [6.45, 7) is 6.48. The highest BCUT2D eigenvalue weighted by atomic mass is 16.5. The first kappa shape index (κ1) is 12.0. The summed E-state index contributed by atoms with van der Waals surface area (Å²) >= 11 is 0. The van der Waals surface area contributed by atoms with Crippen molar-refractivity contribution in [3.8, 4) is 0 Å². The summed E-state index contributed by atoms with van der Waals surface area (Å²) in [4.78, 5) is 15.9. The van der Waals surface area contributed by atoms with Crippen LogP contribution in [0.15, 0.2) is 12.7 Å². The van der Waals surface area contributed by atoms with Crippen LogP contribution in [-0.2, 0) is 9.53 Å². The normalized spacial score (nSPS) is 30.2. The molecule has 17 heavy (non-hydrogen) atoms. The maximum atomic E-state index is 12.1. The first-order valence-electron chi connectivity index (χ1n) is 5.81. The molecule has 1 saturated heterocycles. The van der Waals surface area contributed by atoms with Crippen molar-refractivity contribution in [2.45, 2.75) is 44.9 Å². The van der Waals surface area contributed by atoms with Crippen LogP contribution in [0.5, 0.6) is 0 Å². The van der Waals surface area contributed by atoms with Crippen LogP contribution in [0.3, 0.4) is 0 Å². The van der Waals surface area contributed by atoms with Gasteiger partial charge in [0, 0.05) is 6.61 Å². The molecule has 0 saturated carbocycles. The molecule has 2 heterocycles. The molecule has 1 amide bonds. The summed E-state index contributed by atoms with van der Waals surface area (Å²) < 4.78 is 7.03. The molecular formula is C11H18N4O2. The van der Waals surface area contributed by atoms with Crippen molar-refractivity contribution in [1.82, 2.24) is 20.1 Å². The molecule has 1 aliphatic heterocycles. The minimum Gasteiger partial charge on any atom is -0.376 e. The van der Waals surface area contributed by atoms with Crippen LogP contribution in [0.25, 0.3) is 0 Å². The zero-order valence-electron chi connectivity index (χ0n) is 10.4. The van der Waals surface area contributed by atoms with E-state index >= 15 is 0 Å². The van der Waals surface area contributed by atoms with Crippen LogP contribution in [-0.4, -0.2) is 38.9 Å². The predicted octanol–water partition coefficient (Wildman–Crippen LogP) is 0.523. The van der Waals surface area contributed by atoms with E-state index in [0.29, 0.717) is 6.61 Å². The largest absolute Gasteiger partial charge is 0.376 e.